The molecule has 2 nitrogen and oxygen atoms in total. The first-order chi connectivity index (χ1) is 6.63. The number of carboxylic acid groups (broad SMARTS) is 1. The number of unbranched alkanes of at least 4 members (excludes halogenated alkanes) is 5. The fourth-order valence-corrected chi connectivity index (χ4v) is 1.54. The number of hydrogen-bond donors (Lipinski definition) is 1. The van der Waals surface area contributed by atoms with Crippen molar-refractivity contribution in [3.8, 4) is 0 Å². The monoisotopic (exact) mass is 200 g/mol. The maximum Gasteiger partial charge on any atom is 0.303 e. The van der Waals surface area contributed by atoms with Gasteiger partial charge in [-0.2, -0.15) is 0 Å². The van der Waals surface area contributed by atoms with Crippen molar-refractivity contribution in [1.82, 2.24) is 0 Å². The fourth-order valence-electron chi connectivity index (χ4n) is 1.54. The number of hydrogen-bond acceptors (Lipinski definition) is 1. The Bertz CT molecular complexity index is 141. The molecule has 0 aliphatic carbocycles. The van der Waals surface area contributed by atoms with Crippen molar-refractivity contribution in [1.29, 1.82) is 0 Å². The smallest absolute Gasteiger partial charge is 0.303 e. The summed E-state index contributed by atoms with van der Waals surface area (Å²) in [4.78, 5) is 10.2. The Morgan fingerprint density at radius 2 is 1.50 bits per heavy atom. The number of carboxylic acids is 1. The maximum absolute atomic E-state index is 10.2. The van der Waals surface area contributed by atoms with Crippen LogP contribution in [0.1, 0.15) is 65.2 Å². The van der Waals surface area contributed by atoms with Gasteiger partial charge in [0.05, 0.1) is 0 Å². The predicted octanol–water partition coefficient (Wildman–Crippen LogP) is 3.85. The number of aliphatic carboxylic acids is 1. The second-order valence-electron chi connectivity index (χ2n) is 4.45. The minimum Gasteiger partial charge on any atom is -0.481 e. The summed E-state index contributed by atoms with van der Waals surface area (Å²) in [5.41, 5.74) is 0. The Morgan fingerprint density at radius 3 is 2.00 bits per heavy atom. The Morgan fingerprint density at radius 1 is 1.00 bits per heavy atom. The van der Waals surface area contributed by atoms with Crippen LogP contribution in [0.2, 0.25) is 0 Å². The van der Waals surface area contributed by atoms with Gasteiger partial charge in [-0.25, -0.2) is 0 Å². The van der Waals surface area contributed by atoms with Crippen molar-refractivity contribution in [2.75, 3.05) is 0 Å². The van der Waals surface area contributed by atoms with E-state index in [1.165, 1.54) is 32.1 Å². The highest BCUT2D eigenvalue weighted by molar-refractivity contribution is 5.66. The fraction of sp³-hybridized carbons (Fsp3) is 0.917. The van der Waals surface area contributed by atoms with Crippen LogP contribution in [0.3, 0.4) is 0 Å². The van der Waals surface area contributed by atoms with E-state index in [1.54, 1.807) is 0 Å². The van der Waals surface area contributed by atoms with E-state index >= 15 is 0 Å². The van der Waals surface area contributed by atoms with E-state index in [4.69, 9.17) is 5.11 Å². The van der Waals surface area contributed by atoms with Crippen molar-refractivity contribution in [2.45, 2.75) is 65.2 Å². The molecular weight excluding hydrogens is 176 g/mol. The van der Waals surface area contributed by atoms with Gasteiger partial charge in [-0.15, -0.1) is 0 Å². The minimum atomic E-state index is -0.662. The van der Waals surface area contributed by atoms with Gasteiger partial charge < -0.3 is 5.11 Å². The van der Waals surface area contributed by atoms with Gasteiger partial charge in [-0.05, 0) is 12.3 Å². The van der Waals surface area contributed by atoms with Crippen LogP contribution >= 0.6 is 0 Å². The molecule has 0 saturated carbocycles. The van der Waals surface area contributed by atoms with Crippen LogP contribution < -0.4 is 0 Å². The SMILES string of the molecule is CC(C)CCCCCCCCC(=O)O. The summed E-state index contributed by atoms with van der Waals surface area (Å²) in [5.74, 6) is 0.159. The molecule has 0 atom stereocenters. The molecule has 14 heavy (non-hydrogen) atoms. The largest absolute Gasteiger partial charge is 0.481 e. The summed E-state index contributed by atoms with van der Waals surface area (Å²) >= 11 is 0. The Balaban J connectivity index is 2.96. The molecule has 0 aromatic rings. The first kappa shape index (κ1) is 13.5. The Labute approximate surface area is 87.7 Å². The highest BCUT2D eigenvalue weighted by atomic mass is 16.4. The van der Waals surface area contributed by atoms with E-state index in [-0.39, 0.29) is 0 Å². The molecule has 1 N–H and O–H groups in total. The molecule has 0 fully saturated rings. The van der Waals surface area contributed by atoms with E-state index in [2.05, 4.69) is 13.8 Å². The molecule has 0 aliphatic rings. The summed E-state index contributed by atoms with van der Waals surface area (Å²) < 4.78 is 0. The molecule has 0 rings (SSSR count). The lowest BCUT2D eigenvalue weighted by molar-refractivity contribution is -0.137. The van der Waals surface area contributed by atoms with Gasteiger partial charge in [0.15, 0.2) is 0 Å². The van der Waals surface area contributed by atoms with Gasteiger partial charge in [0, 0.05) is 6.42 Å². The first-order valence-electron chi connectivity index (χ1n) is 5.84. The zero-order chi connectivity index (χ0) is 10.8. The second-order valence-corrected chi connectivity index (χ2v) is 4.45. The molecule has 0 aromatic heterocycles. The Hall–Kier alpha value is -0.530. The summed E-state index contributed by atoms with van der Waals surface area (Å²) in [7, 11) is 0. The molecule has 0 heterocycles. The average molecular weight is 200 g/mol. The molecule has 0 saturated heterocycles. The molecule has 0 amide bonds. The van der Waals surface area contributed by atoms with E-state index < -0.39 is 5.97 Å². The van der Waals surface area contributed by atoms with Crippen LogP contribution in [0.5, 0.6) is 0 Å². The van der Waals surface area contributed by atoms with Crippen molar-refractivity contribution < 1.29 is 9.90 Å². The van der Waals surface area contributed by atoms with Crippen LogP contribution in [0.4, 0.5) is 0 Å². The van der Waals surface area contributed by atoms with Crippen LogP contribution in [0.15, 0.2) is 0 Å². The van der Waals surface area contributed by atoms with E-state index in [1.807, 2.05) is 0 Å². The Kier molecular flexibility index (Phi) is 8.70. The quantitative estimate of drug-likeness (QED) is 0.574. The third kappa shape index (κ3) is 11.5. The third-order valence-electron chi connectivity index (χ3n) is 2.42. The minimum absolute atomic E-state index is 0.339. The number of carbonyl (C=O) groups is 1. The maximum atomic E-state index is 10.2. The van der Waals surface area contributed by atoms with Gasteiger partial charge in [0.25, 0.3) is 0 Å². The average Bonchev–Trinajstić information content (AvgIpc) is 2.08. The molecular formula is C12H24O2. The molecule has 84 valence electrons. The van der Waals surface area contributed by atoms with Crippen molar-refractivity contribution >= 4 is 5.97 Å². The molecule has 0 radical (unpaired) electrons. The second kappa shape index (κ2) is 9.04. The molecule has 0 spiro atoms. The van der Waals surface area contributed by atoms with Crippen LogP contribution in [0, 0.1) is 5.92 Å². The van der Waals surface area contributed by atoms with Crippen molar-refractivity contribution in [3.63, 3.8) is 0 Å². The zero-order valence-corrected chi connectivity index (χ0v) is 9.59. The molecule has 2 heteroatoms. The lowest BCUT2D eigenvalue weighted by atomic mass is 10.0. The summed E-state index contributed by atoms with van der Waals surface area (Å²) in [5, 5.41) is 8.42. The predicted molar refractivity (Wildman–Crippen MR) is 59.4 cm³/mol. The van der Waals surface area contributed by atoms with Gasteiger partial charge in [0.1, 0.15) is 0 Å². The van der Waals surface area contributed by atoms with E-state index in [0.29, 0.717) is 6.42 Å². The molecule has 0 aromatic carbocycles. The van der Waals surface area contributed by atoms with Crippen molar-refractivity contribution in [3.05, 3.63) is 0 Å². The van der Waals surface area contributed by atoms with Crippen LogP contribution in [-0.2, 0) is 4.79 Å². The van der Waals surface area contributed by atoms with Crippen molar-refractivity contribution in [2.24, 2.45) is 5.92 Å². The molecule has 0 bridgehead atoms. The highest BCUT2D eigenvalue weighted by Crippen LogP contribution is 2.11. The van der Waals surface area contributed by atoms with Gasteiger partial charge in [0.2, 0.25) is 0 Å². The first-order valence-corrected chi connectivity index (χ1v) is 5.84. The highest BCUT2D eigenvalue weighted by Gasteiger charge is 1.97. The number of rotatable bonds is 9. The van der Waals surface area contributed by atoms with E-state index in [0.717, 1.165) is 18.8 Å². The van der Waals surface area contributed by atoms with Gasteiger partial charge in [-0.3, -0.25) is 4.79 Å². The summed E-state index contributed by atoms with van der Waals surface area (Å²) in [6.07, 6.45) is 8.70. The topological polar surface area (TPSA) is 37.3 Å². The summed E-state index contributed by atoms with van der Waals surface area (Å²) in [6.45, 7) is 4.51. The zero-order valence-electron chi connectivity index (χ0n) is 9.59. The third-order valence-corrected chi connectivity index (χ3v) is 2.42. The van der Waals surface area contributed by atoms with Crippen LogP contribution in [-0.4, -0.2) is 11.1 Å². The lowest BCUT2D eigenvalue weighted by Crippen LogP contribution is -1.93. The van der Waals surface area contributed by atoms with Gasteiger partial charge >= 0.3 is 5.97 Å². The summed E-state index contributed by atoms with van der Waals surface area (Å²) in [6, 6.07) is 0. The molecule has 0 unspecified atom stereocenters. The van der Waals surface area contributed by atoms with Gasteiger partial charge in [-0.1, -0.05) is 52.4 Å². The normalized spacial score (nSPS) is 10.8. The lowest BCUT2D eigenvalue weighted by Gasteiger charge is -2.03. The van der Waals surface area contributed by atoms with Crippen LogP contribution in [0.25, 0.3) is 0 Å². The molecule has 0 aliphatic heterocycles. The van der Waals surface area contributed by atoms with E-state index in [9.17, 15) is 4.79 Å². The standard InChI is InChI=1S/C12H24O2/c1-11(2)9-7-5-3-4-6-8-10-12(13)14/h11H,3-10H2,1-2H3,(H,13,14).